The van der Waals surface area contributed by atoms with E-state index in [0.29, 0.717) is 11.7 Å². The van der Waals surface area contributed by atoms with Crippen LogP contribution in [0.4, 0.5) is 5.82 Å². The summed E-state index contributed by atoms with van der Waals surface area (Å²) in [6.45, 7) is 1.92. The second kappa shape index (κ2) is 6.86. The lowest BCUT2D eigenvalue weighted by Gasteiger charge is -2.18. The summed E-state index contributed by atoms with van der Waals surface area (Å²) in [4.78, 5) is 8.24. The number of hydrogen-bond donors (Lipinski definition) is 2. The third-order valence-electron chi connectivity index (χ3n) is 3.12. The second-order valence-corrected chi connectivity index (χ2v) is 4.57. The number of hydrogen-bond acceptors (Lipinski definition) is 5. The van der Waals surface area contributed by atoms with Crippen molar-refractivity contribution in [3.05, 3.63) is 47.8 Å². The third-order valence-corrected chi connectivity index (χ3v) is 3.12. The minimum atomic E-state index is -0.101. The minimum absolute atomic E-state index is 0.0284. The van der Waals surface area contributed by atoms with Crippen molar-refractivity contribution in [3.8, 4) is 5.88 Å². The molecule has 1 aromatic carbocycles. The summed E-state index contributed by atoms with van der Waals surface area (Å²) in [5.41, 5.74) is 2.00. The lowest BCUT2D eigenvalue weighted by Crippen LogP contribution is -2.27. The van der Waals surface area contributed by atoms with Crippen LogP contribution in [0.3, 0.4) is 0 Å². The summed E-state index contributed by atoms with van der Waals surface area (Å²) in [6, 6.07) is 9.93. The summed E-state index contributed by atoms with van der Waals surface area (Å²) in [5, 5.41) is 12.8. The molecule has 1 aromatic heterocycles. The molecule has 0 saturated heterocycles. The standard InChI is InChI=1S/C15H19N3O2/c1-11-14(16-10-17-15(11)20-2)18-13(9-19)8-12-6-4-3-5-7-12/h3-7,10,13,19H,8-9H2,1-2H3,(H,16,17,18). The van der Waals surface area contributed by atoms with E-state index in [0.717, 1.165) is 17.5 Å². The van der Waals surface area contributed by atoms with Crippen molar-refractivity contribution in [3.63, 3.8) is 0 Å². The van der Waals surface area contributed by atoms with Gasteiger partial charge in [0.2, 0.25) is 5.88 Å². The highest BCUT2D eigenvalue weighted by Gasteiger charge is 2.13. The lowest BCUT2D eigenvalue weighted by atomic mass is 10.1. The monoisotopic (exact) mass is 273 g/mol. The van der Waals surface area contributed by atoms with Crippen molar-refractivity contribution in [2.75, 3.05) is 19.0 Å². The average Bonchev–Trinajstić information content (AvgIpc) is 2.49. The number of nitrogens with zero attached hydrogens (tertiary/aromatic N) is 2. The maximum Gasteiger partial charge on any atom is 0.221 e. The van der Waals surface area contributed by atoms with Crippen LogP contribution in [-0.4, -0.2) is 34.8 Å². The Kier molecular flexibility index (Phi) is 4.90. The van der Waals surface area contributed by atoms with Crippen LogP contribution in [-0.2, 0) is 6.42 Å². The zero-order valence-corrected chi connectivity index (χ0v) is 11.7. The molecule has 2 rings (SSSR count). The molecule has 0 fully saturated rings. The second-order valence-electron chi connectivity index (χ2n) is 4.57. The van der Waals surface area contributed by atoms with Gasteiger partial charge in [-0.15, -0.1) is 0 Å². The van der Waals surface area contributed by atoms with Gasteiger partial charge in [0.25, 0.3) is 0 Å². The van der Waals surface area contributed by atoms with Gasteiger partial charge in [0.1, 0.15) is 12.1 Å². The number of aliphatic hydroxyl groups is 1. The summed E-state index contributed by atoms with van der Waals surface area (Å²) < 4.78 is 5.17. The molecule has 5 heteroatoms. The van der Waals surface area contributed by atoms with E-state index in [1.54, 1.807) is 7.11 Å². The van der Waals surface area contributed by atoms with E-state index >= 15 is 0 Å². The Morgan fingerprint density at radius 1 is 1.25 bits per heavy atom. The van der Waals surface area contributed by atoms with Crippen LogP contribution in [0.25, 0.3) is 0 Å². The van der Waals surface area contributed by atoms with Crippen LogP contribution in [0.15, 0.2) is 36.7 Å². The third kappa shape index (κ3) is 3.45. The van der Waals surface area contributed by atoms with Gasteiger partial charge in [0.05, 0.1) is 25.3 Å². The van der Waals surface area contributed by atoms with Crippen LogP contribution in [0.5, 0.6) is 5.88 Å². The molecule has 5 nitrogen and oxygen atoms in total. The molecule has 0 spiro atoms. The van der Waals surface area contributed by atoms with Gasteiger partial charge in [0, 0.05) is 0 Å². The van der Waals surface area contributed by atoms with E-state index in [4.69, 9.17) is 4.74 Å². The highest BCUT2D eigenvalue weighted by atomic mass is 16.5. The van der Waals surface area contributed by atoms with Crippen molar-refractivity contribution in [2.24, 2.45) is 0 Å². The number of methoxy groups -OCH3 is 1. The number of benzene rings is 1. The summed E-state index contributed by atoms with van der Waals surface area (Å²) in [7, 11) is 1.58. The molecule has 2 N–H and O–H groups in total. The zero-order valence-electron chi connectivity index (χ0n) is 11.7. The first-order chi connectivity index (χ1) is 9.74. The van der Waals surface area contributed by atoms with E-state index in [9.17, 15) is 5.11 Å². The molecule has 0 aliphatic rings. The molecular weight excluding hydrogens is 254 g/mol. The van der Waals surface area contributed by atoms with E-state index in [2.05, 4.69) is 15.3 Å². The van der Waals surface area contributed by atoms with Gasteiger partial charge in [-0.25, -0.2) is 9.97 Å². The van der Waals surface area contributed by atoms with E-state index < -0.39 is 0 Å². The molecule has 2 aromatic rings. The first kappa shape index (κ1) is 14.3. The van der Waals surface area contributed by atoms with Crippen LogP contribution in [0.2, 0.25) is 0 Å². The fourth-order valence-corrected chi connectivity index (χ4v) is 2.04. The lowest BCUT2D eigenvalue weighted by molar-refractivity contribution is 0.273. The zero-order chi connectivity index (χ0) is 14.4. The van der Waals surface area contributed by atoms with Crippen molar-refractivity contribution in [1.29, 1.82) is 0 Å². The van der Waals surface area contributed by atoms with Gasteiger partial charge in [-0.05, 0) is 18.9 Å². The predicted octanol–water partition coefficient (Wildman–Crippen LogP) is 1.81. The van der Waals surface area contributed by atoms with Gasteiger partial charge in [0.15, 0.2) is 0 Å². The maximum absolute atomic E-state index is 9.53. The van der Waals surface area contributed by atoms with E-state index in [1.807, 2.05) is 37.3 Å². The Bertz CT molecular complexity index is 546. The topological polar surface area (TPSA) is 67.3 Å². The summed E-state index contributed by atoms with van der Waals surface area (Å²) in [6.07, 6.45) is 2.17. The average molecular weight is 273 g/mol. The Balaban J connectivity index is 2.10. The van der Waals surface area contributed by atoms with Crippen LogP contribution in [0, 0.1) is 6.92 Å². The van der Waals surface area contributed by atoms with Gasteiger partial charge in [-0.2, -0.15) is 0 Å². The smallest absolute Gasteiger partial charge is 0.221 e. The molecule has 20 heavy (non-hydrogen) atoms. The number of anilines is 1. The summed E-state index contributed by atoms with van der Waals surface area (Å²) in [5.74, 6) is 1.23. The first-order valence-electron chi connectivity index (χ1n) is 6.51. The molecule has 1 unspecified atom stereocenters. The molecule has 0 radical (unpaired) electrons. The Labute approximate surface area is 118 Å². The molecule has 0 aliphatic heterocycles. The molecule has 106 valence electrons. The van der Waals surface area contributed by atoms with Crippen molar-refractivity contribution in [1.82, 2.24) is 9.97 Å². The Morgan fingerprint density at radius 3 is 2.65 bits per heavy atom. The fourth-order valence-electron chi connectivity index (χ4n) is 2.04. The number of nitrogens with one attached hydrogen (secondary N) is 1. The number of ether oxygens (including phenoxy) is 1. The van der Waals surface area contributed by atoms with Crippen LogP contribution in [0.1, 0.15) is 11.1 Å². The number of aromatic nitrogens is 2. The number of rotatable bonds is 6. The fraction of sp³-hybridized carbons (Fsp3) is 0.333. The Hall–Kier alpha value is -2.14. The molecule has 1 atom stereocenters. The van der Waals surface area contributed by atoms with Crippen molar-refractivity contribution < 1.29 is 9.84 Å². The Morgan fingerprint density at radius 2 is 2.00 bits per heavy atom. The number of aliphatic hydroxyl groups excluding tert-OH is 1. The first-order valence-corrected chi connectivity index (χ1v) is 6.51. The van der Waals surface area contributed by atoms with Gasteiger partial charge < -0.3 is 15.2 Å². The highest BCUT2D eigenvalue weighted by molar-refractivity contribution is 5.48. The van der Waals surface area contributed by atoms with Crippen LogP contribution < -0.4 is 10.1 Å². The van der Waals surface area contributed by atoms with Gasteiger partial charge in [-0.1, -0.05) is 30.3 Å². The normalized spacial score (nSPS) is 11.9. The molecule has 1 heterocycles. The molecular formula is C15H19N3O2. The maximum atomic E-state index is 9.53. The molecule has 0 saturated carbocycles. The quantitative estimate of drug-likeness (QED) is 0.840. The van der Waals surface area contributed by atoms with Crippen molar-refractivity contribution >= 4 is 5.82 Å². The van der Waals surface area contributed by atoms with E-state index in [-0.39, 0.29) is 12.6 Å². The van der Waals surface area contributed by atoms with Crippen molar-refractivity contribution in [2.45, 2.75) is 19.4 Å². The minimum Gasteiger partial charge on any atom is -0.481 e. The van der Waals surface area contributed by atoms with Crippen LogP contribution >= 0.6 is 0 Å². The summed E-state index contributed by atoms with van der Waals surface area (Å²) >= 11 is 0. The van der Waals surface area contributed by atoms with Gasteiger partial charge in [-0.3, -0.25) is 0 Å². The van der Waals surface area contributed by atoms with E-state index in [1.165, 1.54) is 6.33 Å². The predicted molar refractivity (Wildman–Crippen MR) is 78.0 cm³/mol. The largest absolute Gasteiger partial charge is 0.481 e. The SMILES string of the molecule is COc1ncnc(NC(CO)Cc2ccccc2)c1C. The van der Waals surface area contributed by atoms with Gasteiger partial charge >= 0.3 is 0 Å². The molecule has 0 amide bonds. The highest BCUT2D eigenvalue weighted by Crippen LogP contribution is 2.20. The molecule has 0 aliphatic carbocycles. The molecule has 0 bridgehead atoms.